The molecule has 9 nitrogen and oxygen atoms in total. The second kappa shape index (κ2) is 10.1. The Balaban J connectivity index is 1.44. The van der Waals surface area contributed by atoms with Gasteiger partial charge in [-0.1, -0.05) is 47.3 Å². The van der Waals surface area contributed by atoms with Crippen LogP contribution in [0.3, 0.4) is 0 Å². The molecule has 33 heavy (non-hydrogen) atoms. The zero-order chi connectivity index (χ0) is 23.2. The highest BCUT2D eigenvalue weighted by molar-refractivity contribution is 7.99. The van der Waals surface area contributed by atoms with Crippen molar-refractivity contribution in [1.82, 2.24) is 19.9 Å². The fraction of sp³-hybridized carbons (Fsp3) is 0.136. The Bertz CT molecular complexity index is 1270. The van der Waals surface area contributed by atoms with Crippen molar-refractivity contribution in [3.8, 4) is 17.1 Å². The van der Waals surface area contributed by atoms with Crippen molar-refractivity contribution in [2.24, 2.45) is 0 Å². The van der Waals surface area contributed by atoms with Gasteiger partial charge in [-0.15, -0.1) is 10.2 Å². The third-order valence-corrected chi connectivity index (χ3v) is 5.24. The number of esters is 1. The Morgan fingerprint density at radius 2 is 1.88 bits per heavy atom. The third kappa shape index (κ3) is 5.44. The lowest BCUT2D eigenvalue weighted by Gasteiger charge is -2.10. The summed E-state index contributed by atoms with van der Waals surface area (Å²) in [5.41, 5.74) is 0.988. The first-order valence-corrected chi connectivity index (χ1v) is 10.8. The number of halogens is 1. The fourth-order valence-corrected chi connectivity index (χ4v) is 3.66. The molecular weight excluding hydrogens is 449 g/mol. The molecule has 0 unspecified atom stereocenters. The second-order valence-corrected chi connectivity index (χ2v) is 7.72. The third-order valence-electron chi connectivity index (χ3n) is 4.34. The van der Waals surface area contributed by atoms with Gasteiger partial charge in [0, 0.05) is 11.8 Å². The smallest absolute Gasteiger partial charge is 0.316 e. The molecule has 0 saturated carbocycles. The van der Waals surface area contributed by atoms with Gasteiger partial charge in [-0.3, -0.25) is 14.2 Å². The molecule has 0 aliphatic carbocycles. The van der Waals surface area contributed by atoms with Crippen LogP contribution in [0.2, 0.25) is 0 Å². The SMILES string of the molecule is Cc1cc(NC(=O)COC(=O)CSc2nnc(-c3ccccc3F)n2-c2ccccc2)no1. The van der Waals surface area contributed by atoms with Crippen LogP contribution in [0.25, 0.3) is 17.1 Å². The number of hydrogen-bond acceptors (Lipinski definition) is 8. The molecule has 11 heteroatoms. The summed E-state index contributed by atoms with van der Waals surface area (Å²) in [6.07, 6.45) is 0. The average Bonchev–Trinajstić information content (AvgIpc) is 3.43. The molecular formula is C22H18FN5O4S. The van der Waals surface area contributed by atoms with Crippen molar-refractivity contribution < 1.29 is 23.2 Å². The number of hydrogen-bond donors (Lipinski definition) is 1. The van der Waals surface area contributed by atoms with E-state index in [4.69, 9.17) is 9.26 Å². The van der Waals surface area contributed by atoms with Gasteiger partial charge in [-0.05, 0) is 31.2 Å². The predicted octanol–water partition coefficient (Wildman–Crippen LogP) is 3.64. The molecule has 0 fully saturated rings. The van der Waals surface area contributed by atoms with Gasteiger partial charge in [0.15, 0.2) is 23.4 Å². The summed E-state index contributed by atoms with van der Waals surface area (Å²) >= 11 is 1.06. The number of amides is 1. The van der Waals surface area contributed by atoms with Crippen molar-refractivity contribution in [2.75, 3.05) is 17.7 Å². The topological polar surface area (TPSA) is 112 Å². The van der Waals surface area contributed by atoms with Gasteiger partial charge in [-0.2, -0.15) is 0 Å². The van der Waals surface area contributed by atoms with Crippen molar-refractivity contribution >= 4 is 29.5 Å². The van der Waals surface area contributed by atoms with E-state index >= 15 is 0 Å². The van der Waals surface area contributed by atoms with E-state index in [0.29, 0.717) is 22.4 Å². The maximum absolute atomic E-state index is 14.4. The lowest BCUT2D eigenvalue weighted by molar-refractivity contribution is -0.144. The van der Waals surface area contributed by atoms with Crippen molar-refractivity contribution in [3.63, 3.8) is 0 Å². The second-order valence-electron chi connectivity index (χ2n) is 6.78. The summed E-state index contributed by atoms with van der Waals surface area (Å²) in [6, 6.07) is 17.0. The highest BCUT2D eigenvalue weighted by Gasteiger charge is 2.20. The number of carbonyl (C=O) groups excluding carboxylic acids is 2. The molecule has 2 aromatic carbocycles. The predicted molar refractivity (Wildman–Crippen MR) is 118 cm³/mol. The lowest BCUT2D eigenvalue weighted by Crippen LogP contribution is -2.21. The molecule has 2 heterocycles. The van der Waals surface area contributed by atoms with E-state index in [1.165, 1.54) is 6.07 Å². The van der Waals surface area contributed by atoms with Gasteiger partial charge in [-0.25, -0.2) is 4.39 Å². The Morgan fingerprint density at radius 3 is 2.61 bits per heavy atom. The quantitative estimate of drug-likeness (QED) is 0.309. The molecule has 0 bridgehead atoms. The van der Waals surface area contributed by atoms with E-state index < -0.39 is 24.3 Å². The molecule has 1 amide bonds. The first kappa shape index (κ1) is 22.2. The molecule has 0 saturated heterocycles. The first-order chi connectivity index (χ1) is 16.0. The van der Waals surface area contributed by atoms with E-state index in [-0.39, 0.29) is 17.1 Å². The van der Waals surface area contributed by atoms with E-state index in [1.807, 2.05) is 30.3 Å². The van der Waals surface area contributed by atoms with E-state index in [9.17, 15) is 14.0 Å². The molecule has 168 valence electrons. The van der Waals surface area contributed by atoms with Crippen molar-refractivity contribution in [2.45, 2.75) is 12.1 Å². The van der Waals surface area contributed by atoms with E-state index in [1.54, 1.807) is 35.8 Å². The van der Waals surface area contributed by atoms with Gasteiger partial charge >= 0.3 is 5.97 Å². The Kier molecular flexibility index (Phi) is 6.79. The van der Waals surface area contributed by atoms with Crippen molar-refractivity contribution in [3.05, 3.63) is 72.2 Å². The van der Waals surface area contributed by atoms with Gasteiger partial charge in [0.05, 0.1) is 11.3 Å². The van der Waals surface area contributed by atoms with Crippen LogP contribution in [0, 0.1) is 12.7 Å². The molecule has 0 radical (unpaired) electrons. The summed E-state index contributed by atoms with van der Waals surface area (Å²) in [7, 11) is 0. The molecule has 2 aromatic heterocycles. The monoisotopic (exact) mass is 467 g/mol. The summed E-state index contributed by atoms with van der Waals surface area (Å²) in [5, 5.41) is 14.8. The van der Waals surface area contributed by atoms with Gasteiger partial charge < -0.3 is 14.6 Å². The van der Waals surface area contributed by atoms with Crippen LogP contribution in [0.5, 0.6) is 0 Å². The average molecular weight is 467 g/mol. The minimum atomic E-state index is -0.624. The van der Waals surface area contributed by atoms with Crippen LogP contribution in [0.4, 0.5) is 10.2 Å². The Hall–Kier alpha value is -3.99. The maximum atomic E-state index is 14.4. The number of aryl methyl sites for hydroxylation is 1. The Morgan fingerprint density at radius 1 is 1.12 bits per heavy atom. The number of nitrogens with one attached hydrogen (secondary N) is 1. The minimum absolute atomic E-state index is 0.126. The number of thioether (sulfide) groups is 1. The molecule has 0 spiro atoms. The summed E-state index contributed by atoms with van der Waals surface area (Å²) < 4.78 is 25.9. The maximum Gasteiger partial charge on any atom is 0.316 e. The number of anilines is 1. The molecule has 4 aromatic rings. The first-order valence-electron chi connectivity index (χ1n) is 9.78. The number of rotatable bonds is 8. The summed E-state index contributed by atoms with van der Waals surface area (Å²) in [4.78, 5) is 24.1. The standard InChI is InChI=1S/C22H18FN5O4S/c1-14-11-18(27-32-14)24-19(29)12-31-20(30)13-33-22-26-25-21(16-9-5-6-10-17(16)23)28(22)15-7-3-2-4-8-15/h2-11H,12-13H2,1H3,(H,24,27,29). The van der Waals surface area contributed by atoms with Crippen LogP contribution < -0.4 is 5.32 Å². The molecule has 0 aliphatic rings. The lowest BCUT2D eigenvalue weighted by atomic mass is 10.2. The number of benzene rings is 2. The molecule has 1 N–H and O–H groups in total. The number of nitrogens with zero attached hydrogens (tertiary/aromatic N) is 4. The number of para-hydroxylation sites is 1. The largest absolute Gasteiger partial charge is 0.455 e. The zero-order valence-corrected chi connectivity index (χ0v) is 18.2. The highest BCUT2D eigenvalue weighted by Crippen LogP contribution is 2.29. The number of aromatic nitrogens is 4. The van der Waals surface area contributed by atoms with Crippen LogP contribution >= 0.6 is 11.8 Å². The Labute approximate surface area is 191 Å². The van der Waals surface area contributed by atoms with Crippen LogP contribution in [-0.2, 0) is 14.3 Å². The molecule has 4 rings (SSSR count). The highest BCUT2D eigenvalue weighted by atomic mass is 32.2. The van der Waals surface area contributed by atoms with Crippen LogP contribution in [0.15, 0.2) is 70.3 Å². The zero-order valence-electron chi connectivity index (χ0n) is 17.4. The van der Waals surface area contributed by atoms with Crippen LogP contribution in [-0.4, -0.2) is 44.2 Å². The number of carbonyl (C=O) groups is 2. The summed E-state index contributed by atoms with van der Waals surface area (Å²) in [5.74, 6) is -0.657. The van der Waals surface area contributed by atoms with E-state index in [2.05, 4.69) is 20.7 Å². The normalized spacial score (nSPS) is 10.7. The van der Waals surface area contributed by atoms with Gasteiger partial charge in [0.1, 0.15) is 11.6 Å². The van der Waals surface area contributed by atoms with Gasteiger partial charge in [0.25, 0.3) is 5.91 Å². The fourth-order valence-electron chi connectivity index (χ4n) is 2.91. The number of ether oxygens (including phenoxy) is 1. The molecule has 0 aliphatic heterocycles. The summed E-state index contributed by atoms with van der Waals surface area (Å²) in [6.45, 7) is 1.21. The van der Waals surface area contributed by atoms with Crippen molar-refractivity contribution in [1.29, 1.82) is 0 Å². The molecule has 0 atom stereocenters. The van der Waals surface area contributed by atoms with Gasteiger partial charge in [0.2, 0.25) is 0 Å². The minimum Gasteiger partial charge on any atom is -0.455 e. The van der Waals surface area contributed by atoms with Crippen LogP contribution in [0.1, 0.15) is 5.76 Å². The van der Waals surface area contributed by atoms with E-state index in [0.717, 1.165) is 11.8 Å².